The molecule has 0 spiro atoms. The molecule has 0 aromatic heterocycles. The predicted molar refractivity (Wildman–Crippen MR) is 59.0 cm³/mol. The van der Waals surface area contributed by atoms with Crippen molar-refractivity contribution in [2.24, 2.45) is 0 Å². The van der Waals surface area contributed by atoms with E-state index in [-0.39, 0.29) is 0 Å². The van der Waals surface area contributed by atoms with E-state index in [1.54, 1.807) is 0 Å². The molecule has 0 aromatic rings. The molecular formula is C11H22N2O2. The van der Waals surface area contributed by atoms with Crippen molar-refractivity contribution in [1.29, 1.82) is 0 Å². The van der Waals surface area contributed by atoms with Gasteiger partial charge in [-0.15, -0.1) is 0 Å². The van der Waals surface area contributed by atoms with Crippen LogP contribution in [0.4, 0.5) is 0 Å². The van der Waals surface area contributed by atoms with Crippen molar-refractivity contribution in [3.63, 3.8) is 0 Å². The van der Waals surface area contributed by atoms with Gasteiger partial charge < -0.3 is 20.1 Å². The number of ether oxygens (including phenoxy) is 2. The zero-order chi connectivity index (χ0) is 10.7. The summed E-state index contributed by atoms with van der Waals surface area (Å²) < 4.78 is 11.1. The maximum absolute atomic E-state index is 5.53. The van der Waals surface area contributed by atoms with E-state index in [1.807, 2.05) is 0 Å². The summed E-state index contributed by atoms with van der Waals surface area (Å²) in [6.45, 7) is 7.66. The zero-order valence-corrected chi connectivity index (χ0v) is 9.66. The van der Waals surface area contributed by atoms with E-state index in [0.717, 1.165) is 32.8 Å². The van der Waals surface area contributed by atoms with Crippen molar-refractivity contribution in [1.82, 2.24) is 10.6 Å². The first-order valence-corrected chi connectivity index (χ1v) is 5.91. The molecule has 2 fully saturated rings. The Morgan fingerprint density at radius 1 is 0.867 bits per heavy atom. The first-order chi connectivity index (χ1) is 7.24. The Labute approximate surface area is 91.7 Å². The molecule has 88 valence electrons. The fourth-order valence-electron chi connectivity index (χ4n) is 2.39. The lowest BCUT2D eigenvalue weighted by molar-refractivity contribution is 0.0182. The van der Waals surface area contributed by atoms with Gasteiger partial charge in [0.1, 0.15) is 0 Å². The Kier molecular flexibility index (Phi) is 3.97. The van der Waals surface area contributed by atoms with E-state index in [2.05, 4.69) is 24.5 Å². The SMILES string of the molecule is C[C@@H]1COC[C@@H](C[C@@H]2COC[C@H](C)N2)N1. The molecule has 2 rings (SSSR count). The molecule has 0 unspecified atom stereocenters. The molecule has 4 nitrogen and oxygen atoms in total. The molecule has 0 aromatic carbocycles. The summed E-state index contributed by atoms with van der Waals surface area (Å²) in [6, 6.07) is 1.90. The van der Waals surface area contributed by atoms with Gasteiger partial charge in [0.2, 0.25) is 0 Å². The van der Waals surface area contributed by atoms with Gasteiger partial charge in [-0.05, 0) is 20.3 Å². The van der Waals surface area contributed by atoms with Crippen LogP contribution in [0.15, 0.2) is 0 Å². The van der Waals surface area contributed by atoms with Gasteiger partial charge in [0.25, 0.3) is 0 Å². The molecule has 0 saturated carbocycles. The Bertz CT molecular complexity index is 181. The molecule has 0 bridgehead atoms. The van der Waals surface area contributed by atoms with E-state index in [0.29, 0.717) is 24.2 Å². The Balaban J connectivity index is 1.75. The van der Waals surface area contributed by atoms with Gasteiger partial charge in [-0.1, -0.05) is 0 Å². The number of morpholine rings is 2. The van der Waals surface area contributed by atoms with Gasteiger partial charge in [0.05, 0.1) is 26.4 Å². The fourth-order valence-corrected chi connectivity index (χ4v) is 2.39. The average molecular weight is 214 g/mol. The van der Waals surface area contributed by atoms with Crippen LogP contribution in [-0.4, -0.2) is 50.6 Å². The summed E-state index contributed by atoms with van der Waals surface area (Å²) in [6.07, 6.45) is 1.09. The minimum atomic E-state index is 0.472. The highest BCUT2D eigenvalue weighted by atomic mass is 16.5. The van der Waals surface area contributed by atoms with Crippen LogP contribution in [0.2, 0.25) is 0 Å². The first kappa shape index (κ1) is 11.3. The Morgan fingerprint density at radius 3 is 1.73 bits per heavy atom. The Hall–Kier alpha value is -0.160. The van der Waals surface area contributed by atoms with Crippen molar-refractivity contribution in [3.05, 3.63) is 0 Å². The average Bonchev–Trinajstić information content (AvgIpc) is 2.17. The second kappa shape index (κ2) is 5.25. The highest BCUT2D eigenvalue weighted by molar-refractivity contribution is 4.84. The maximum atomic E-state index is 5.53. The van der Waals surface area contributed by atoms with Gasteiger partial charge in [0.15, 0.2) is 0 Å². The van der Waals surface area contributed by atoms with Crippen molar-refractivity contribution in [2.45, 2.75) is 44.4 Å². The van der Waals surface area contributed by atoms with Crippen LogP contribution in [0.25, 0.3) is 0 Å². The summed E-state index contributed by atoms with van der Waals surface area (Å²) in [5.74, 6) is 0. The third kappa shape index (κ3) is 3.41. The van der Waals surface area contributed by atoms with Crippen LogP contribution in [0, 0.1) is 0 Å². The van der Waals surface area contributed by atoms with Gasteiger partial charge in [-0.3, -0.25) is 0 Å². The van der Waals surface area contributed by atoms with Crippen molar-refractivity contribution >= 4 is 0 Å². The van der Waals surface area contributed by atoms with Gasteiger partial charge >= 0.3 is 0 Å². The third-order valence-electron chi connectivity index (χ3n) is 2.98. The zero-order valence-electron chi connectivity index (χ0n) is 9.66. The summed E-state index contributed by atoms with van der Waals surface area (Å²) in [4.78, 5) is 0. The van der Waals surface area contributed by atoms with Gasteiger partial charge in [-0.25, -0.2) is 0 Å². The van der Waals surface area contributed by atoms with E-state index in [4.69, 9.17) is 9.47 Å². The number of hydrogen-bond donors (Lipinski definition) is 2. The van der Waals surface area contributed by atoms with E-state index >= 15 is 0 Å². The number of rotatable bonds is 2. The molecule has 4 atom stereocenters. The smallest absolute Gasteiger partial charge is 0.0621 e. The van der Waals surface area contributed by atoms with E-state index in [9.17, 15) is 0 Å². The monoisotopic (exact) mass is 214 g/mol. The van der Waals surface area contributed by atoms with Crippen LogP contribution in [0.1, 0.15) is 20.3 Å². The lowest BCUT2D eigenvalue weighted by Crippen LogP contribution is -2.54. The molecule has 0 aliphatic carbocycles. The van der Waals surface area contributed by atoms with Gasteiger partial charge in [0, 0.05) is 24.2 Å². The molecule has 15 heavy (non-hydrogen) atoms. The van der Waals surface area contributed by atoms with Gasteiger partial charge in [-0.2, -0.15) is 0 Å². The second-order valence-corrected chi connectivity index (χ2v) is 4.84. The molecule has 2 saturated heterocycles. The van der Waals surface area contributed by atoms with Crippen LogP contribution in [0.5, 0.6) is 0 Å². The highest BCUT2D eigenvalue weighted by Gasteiger charge is 2.25. The second-order valence-electron chi connectivity index (χ2n) is 4.84. The van der Waals surface area contributed by atoms with Crippen molar-refractivity contribution in [3.8, 4) is 0 Å². The van der Waals surface area contributed by atoms with E-state index in [1.165, 1.54) is 0 Å². The topological polar surface area (TPSA) is 42.5 Å². The summed E-state index contributed by atoms with van der Waals surface area (Å²) in [5, 5.41) is 7.12. The van der Waals surface area contributed by atoms with Crippen LogP contribution in [0.3, 0.4) is 0 Å². The largest absolute Gasteiger partial charge is 0.378 e. The quantitative estimate of drug-likeness (QED) is 0.686. The van der Waals surface area contributed by atoms with Crippen molar-refractivity contribution in [2.75, 3.05) is 26.4 Å². The maximum Gasteiger partial charge on any atom is 0.0621 e. The van der Waals surface area contributed by atoms with Crippen LogP contribution in [-0.2, 0) is 9.47 Å². The normalized spacial score (nSPS) is 42.8. The third-order valence-corrected chi connectivity index (χ3v) is 2.98. The fraction of sp³-hybridized carbons (Fsp3) is 1.00. The number of hydrogen-bond acceptors (Lipinski definition) is 4. The van der Waals surface area contributed by atoms with Crippen molar-refractivity contribution < 1.29 is 9.47 Å². The first-order valence-electron chi connectivity index (χ1n) is 5.91. The molecule has 2 N–H and O–H groups in total. The molecule has 2 aliphatic rings. The minimum Gasteiger partial charge on any atom is -0.378 e. The molecule has 0 radical (unpaired) electrons. The lowest BCUT2D eigenvalue weighted by Gasteiger charge is -2.35. The van der Waals surface area contributed by atoms with Crippen LogP contribution < -0.4 is 10.6 Å². The number of nitrogens with one attached hydrogen (secondary N) is 2. The summed E-state index contributed by atoms with van der Waals surface area (Å²) in [5.41, 5.74) is 0. The van der Waals surface area contributed by atoms with E-state index < -0.39 is 0 Å². The molecule has 0 amide bonds. The lowest BCUT2D eigenvalue weighted by atomic mass is 10.0. The summed E-state index contributed by atoms with van der Waals surface area (Å²) in [7, 11) is 0. The molecule has 4 heteroatoms. The van der Waals surface area contributed by atoms with Crippen LogP contribution >= 0.6 is 0 Å². The highest BCUT2D eigenvalue weighted by Crippen LogP contribution is 2.09. The molecule has 2 heterocycles. The molecular weight excluding hydrogens is 192 g/mol. The standard InChI is InChI=1S/C11H22N2O2/c1-8-4-14-6-10(12-8)3-11-7-15-5-9(2)13-11/h8-13H,3-7H2,1-2H3/t8-,9+,10-,11-/m1/s1. The Morgan fingerprint density at radius 2 is 1.33 bits per heavy atom. The summed E-state index contributed by atoms with van der Waals surface area (Å²) >= 11 is 0. The minimum absolute atomic E-state index is 0.472. The predicted octanol–water partition coefficient (Wildman–Crippen LogP) is 0.130. The molecule has 2 aliphatic heterocycles.